The predicted octanol–water partition coefficient (Wildman–Crippen LogP) is 3.53. The Morgan fingerprint density at radius 3 is 2.52 bits per heavy atom. The molecule has 2 aromatic rings. The summed E-state index contributed by atoms with van der Waals surface area (Å²) in [5.74, 6) is 1.14. The van der Waals surface area contributed by atoms with Gasteiger partial charge >= 0.3 is 0 Å². The Morgan fingerprint density at radius 2 is 1.86 bits per heavy atom. The summed E-state index contributed by atoms with van der Waals surface area (Å²) in [5, 5.41) is 3.01. The first-order valence-corrected chi connectivity index (χ1v) is 6.91. The Kier molecular flexibility index (Phi) is 5.72. The number of nitrogens with one attached hydrogen (secondary N) is 1. The van der Waals surface area contributed by atoms with Crippen LogP contribution in [0.4, 0.5) is 4.39 Å². The van der Waals surface area contributed by atoms with Crippen molar-refractivity contribution in [2.75, 3.05) is 20.8 Å². The lowest BCUT2D eigenvalue weighted by atomic mass is 10.1. The summed E-state index contributed by atoms with van der Waals surface area (Å²) in [5.41, 5.74) is 1.99. The molecule has 0 aromatic heterocycles. The summed E-state index contributed by atoms with van der Waals surface area (Å²) in [6, 6.07) is 12.4. The highest BCUT2D eigenvalue weighted by molar-refractivity contribution is 5.39. The van der Waals surface area contributed by atoms with Gasteiger partial charge in [0, 0.05) is 19.2 Å². The van der Waals surface area contributed by atoms with Crippen LogP contribution < -0.4 is 10.1 Å². The molecule has 0 saturated carbocycles. The molecule has 0 aliphatic heterocycles. The lowest BCUT2D eigenvalue weighted by Crippen LogP contribution is -2.06. The second-order valence-corrected chi connectivity index (χ2v) is 4.77. The quantitative estimate of drug-likeness (QED) is 0.846. The van der Waals surface area contributed by atoms with E-state index in [2.05, 4.69) is 5.32 Å². The Bertz CT molecular complexity index is 570. The third-order valence-corrected chi connectivity index (χ3v) is 3.14. The van der Waals surface area contributed by atoms with E-state index in [4.69, 9.17) is 9.47 Å². The third kappa shape index (κ3) is 4.55. The zero-order chi connectivity index (χ0) is 15.1. The molecule has 0 radical (unpaired) electrons. The van der Waals surface area contributed by atoms with Gasteiger partial charge in [-0.3, -0.25) is 0 Å². The number of methoxy groups -OCH3 is 1. The van der Waals surface area contributed by atoms with Crippen LogP contribution in [0.2, 0.25) is 0 Å². The highest BCUT2D eigenvalue weighted by atomic mass is 19.1. The number of rotatable bonds is 7. The molecular weight excluding hydrogens is 269 g/mol. The Morgan fingerprint density at radius 1 is 1.10 bits per heavy atom. The van der Waals surface area contributed by atoms with Crippen molar-refractivity contribution in [1.29, 1.82) is 0 Å². The summed E-state index contributed by atoms with van der Waals surface area (Å²) in [4.78, 5) is 0. The van der Waals surface area contributed by atoms with Crippen LogP contribution >= 0.6 is 0 Å². The Hall–Kier alpha value is -1.91. The first-order chi connectivity index (χ1) is 10.2. The Balaban J connectivity index is 2.10. The van der Waals surface area contributed by atoms with Gasteiger partial charge in [-0.15, -0.1) is 0 Å². The summed E-state index contributed by atoms with van der Waals surface area (Å²) in [7, 11) is 3.51. The first kappa shape index (κ1) is 15.5. The normalized spacial score (nSPS) is 10.6. The van der Waals surface area contributed by atoms with Crippen LogP contribution in [0, 0.1) is 5.82 Å². The maximum absolute atomic E-state index is 13.3. The molecule has 0 saturated heterocycles. The van der Waals surface area contributed by atoms with Crippen LogP contribution in [0.15, 0.2) is 42.5 Å². The summed E-state index contributed by atoms with van der Waals surface area (Å²) < 4.78 is 24.2. The van der Waals surface area contributed by atoms with Gasteiger partial charge in [0.25, 0.3) is 0 Å². The van der Waals surface area contributed by atoms with Gasteiger partial charge in [-0.2, -0.15) is 0 Å². The molecular formula is C17H20FNO2. The van der Waals surface area contributed by atoms with E-state index in [1.165, 1.54) is 17.7 Å². The summed E-state index contributed by atoms with van der Waals surface area (Å²) >= 11 is 0. The molecule has 1 N–H and O–H groups in total. The highest BCUT2D eigenvalue weighted by Gasteiger charge is 2.06. The van der Waals surface area contributed by atoms with Gasteiger partial charge in [0.15, 0.2) is 0 Å². The molecule has 0 spiro atoms. The molecule has 0 fully saturated rings. The number of ether oxygens (including phenoxy) is 2. The molecule has 0 aliphatic rings. The van der Waals surface area contributed by atoms with E-state index in [9.17, 15) is 4.39 Å². The van der Waals surface area contributed by atoms with Gasteiger partial charge in [0.1, 0.15) is 17.3 Å². The van der Waals surface area contributed by atoms with Crippen molar-refractivity contribution in [3.05, 3.63) is 59.4 Å². The van der Waals surface area contributed by atoms with Gasteiger partial charge in [0.2, 0.25) is 0 Å². The number of benzene rings is 2. The summed E-state index contributed by atoms with van der Waals surface area (Å²) in [6.07, 6.45) is 0.873. The van der Waals surface area contributed by atoms with E-state index in [0.717, 1.165) is 17.7 Å². The fourth-order valence-corrected chi connectivity index (χ4v) is 2.05. The molecule has 21 heavy (non-hydrogen) atoms. The molecule has 0 atom stereocenters. The fourth-order valence-electron chi connectivity index (χ4n) is 2.05. The van der Waals surface area contributed by atoms with Crippen molar-refractivity contribution >= 4 is 0 Å². The molecule has 0 bridgehead atoms. The number of hydrogen-bond acceptors (Lipinski definition) is 3. The standard InChI is InChI=1S/C17H20FNO2/c1-19-12-14-11-15(18)5-8-17(14)21-16-6-3-13(4-7-16)9-10-20-2/h3-8,11,19H,9-10,12H2,1-2H3. The molecule has 3 nitrogen and oxygen atoms in total. The van der Waals surface area contributed by atoms with Crippen LogP contribution in [0.3, 0.4) is 0 Å². The fraction of sp³-hybridized carbons (Fsp3) is 0.294. The first-order valence-electron chi connectivity index (χ1n) is 6.91. The molecule has 112 valence electrons. The molecule has 2 aromatic carbocycles. The smallest absolute Gasteiger partial charge is 0.132 e. The molecule has 0 aliphatic carbocycles. The van der Waals surface area contributed by atoms with Gasteiger partial charge in [-0.1, -0.05) is 12.1 Å². The number of hydrogen-bond donors (Lipinski definition) is 1. The predicted molar refractivity (Wildman–Crippen MR) is 81.3 cm³/mol. The van der Waals surface area contributed by atoms with Crippen LogP contribution in [-0.4, -0.2) is 20.8 Å². The van der Waals surface area contributed by atoms with Crippen molar-refractivity contribution in [3.63, 3.8) is 0 Å². The van der Waals surface area contributed by atoms with E-state index < -0.39 is 0 Å². The van der Waals surface area contributed by atoms with Crippen molar-refractivity contribution < 1.29 is 13.9 Å². The van der Waals surface area contributed by atoms with Crippen molar-refractivity contribution in [3.8, 4) is 11.5 Å². The van der Waals surface area contributed by atoms with E-state index in [1.54, 1.807) is 13.2 Å². The van der Waals surface area contributed by atoms with E-state index in [0.29, 0.717) is 18.9 Å². The van der Waals surface area contributed by atoms with Crippen LogP contribution in [0.1, 0.15) is 11.1 Å². The van der Waals surface area contributed by atoms with Crippen molar-refractivity contribution in [2.45, 2.75) is 13.0 Å². The minimum Gasteiger partial charge on any atom is -0.457 e. The minimum absolute atomic E-state index is 0.262. The Labute approximate surface area is 124 Å². The lowest BCUT2D eigenvalue weighted by molar-refractivity contribution is 0.202. The van der Waals surface area contributed by atoms with Crippen LogP contribution in [0.25, 0.3) is 0 Å². The average molecular weight is 289 g/mol. The van der Waals surface area contributed by atoms with E-state index in [-0.39, 0.29) is 5.82 Å². The highest BCUT2D eigenvalue weighted by Crippen LogP contribution is 2.26. The van der Waals surface area contributed by atoms with Gasteiger partial charge in [-0.05, 0) is 49.4 Å². The zero-order valence-corrected chi connectivity index (χ0v) is 12.4. The molecule has 0 unspecified atom stereocenters. The lowest BCUT2D eigenvalue weighted by Gasteiger charge is -2.11. The SMILES string of the molecule is CNCc1cc(F)ccc1Oc1ccc(CCOC)cc1. The number of halogens is 1. The van der Waals surface area contributed by atoms with Crippen molar-refractivity contribution in [2.24, 2.45) is 0 Å². The van der Waals surface area contributed by atoms with Crippen molar-refractivity contribution in [1.82, 2.24) is 5.32 Å². The topological polar surface area (TPSA) is 30.5 Å². The second kappa shape index (κ2) is 7.76. The molecule has 4 heteroatoms. The van der Waals surface area contributed by atoms with E-state index >= 15 is 0 Å². The third-order valence-electron chi connectivity index (χ3n) is 3.14. The van der Waals surface area contributed by atoms with Gasteiger partial charge in [0.05, 0.1) is 6.61 Å². The molecule has 0 heterocycles. The van der Waals surface area contributed by atoms with Gasteiger partial charge in [-0.25, -0.2) is 4.39 Å². The van der Waals surface area contributed by atoms with Gasteiger partial charge < -0.3 is 14.8 Å². The molecule has 0 amide bonds. The summed E-state index contributed by atoms with van der Waals surface area (Å²) in [6.45, 7) is 1.25. The van der Waals surface area contributed by atoms with E-state index in [1.807, 2.05) is 31.3 Å². The maximum atomic E-state index is 13.3. The van der Waals surface area contributed by atoms with Crippen LogP contribution in [-0.2, 0) is 17.7 Å². The largest absolute Gasteiger partial charge is 0.457 e. The monoisotopic (exact) mass is 289 g/mol. The average Bonchev–Trinajstić information content (AvgIpc) is 2.49. The van der Waals surface area contributed by atoms with Crippen LogP contribution in [0.5, 0.6) is 11.5 Å². The minimum atomic E-state index is -0.262. The molecule has 2 rings (SSSR count). The second-order valence-electron chi connectivity index (χ2n) is 4.77. The zero-order valence-electron chi connectivity index (χ0n) is 12.4. The maximum Gasteiger partial charge on any atom is 0.132 e.